The van der Waals surface area contributed by atoms with Crippen LogP contribution in [0.25, 0.3) is 0 Å². The van der Waals surface area contributed by atoms with E-state index in [9.17, 15) is 0 Å². The van der Waals surface area contributed by atoms with E-state index in [0.717, 1.165) is 0 Å². The topological polar surface area (TPSA) is 112 Å². The first-order chi connectivity index (χ1) is 2.00. The molecule has 7 heteroatoms. The molecule has 0 heterocycles. The summed E-state index contributed by atoms with van der Waals surface area (Å²) < 4.78 is 34.1. The molecule has 0 saturated heterocycles. The molecule has 0 bridgehead atoms. The van der Waals surface area contributed by atoms with E-state index in [4.69, 9.17) is 17.5 Å². The molecule has 0 aliphatic carbocycles. The quantitative estimate of drug-likeness (QED) is 0.331. The van der Waals surface area contributed by atoms with E-state index >= 15 is 0 Å². The van der Waals surface area contributed by atoms with Crippen LogP contribution in [0.4, 0.5) is 0 Å². The van der Waals surface area contributed by atoms with Crippen LogP contribution >= 0.6 is 0 Å². The molecular formula is H2O5SZr. The van der Waals surface area contributed by atoms with Crippen LogP contribution in [-0.4, -0.2) is 23.0 Å². The Bertz CT molecular complexity index is 91.2. The van der Waals surface area contributed by atoms with Crippen LogP contribution in [0.3, 0.4) is 0 Å². The van der Waals surface area contributed by atoms with Crippen LogP contribution < -0.4 is 0 Å². The van der Waals surface area contributed by atoms with E-state index in [1.807, 2.05) is 0 Å². The molecule has 0 fully saturated rings. The van der Waals surface area contributed by atoms with E-state index < -0.39 is 10.4 Å². The van der Waals surface area contributed by atoms with Gasteiger partial charge in [-0.1, -0.05) is 0 Å². The summed E-state index contributed by atoms with van der Waals surface area (Å²) in [6, 6.07) is 0. The predicted molar refractivity (Wildman–Crippen MR) is 14.1 cm³/mol. The van der Waals surface area contributed by atoms with Crippen molar-refractivity contribution in [3.63, 3.8) is 0 Å². The summed E-state index contributed by atoms with van der Waals surface area (Å²) in [5.41, 5.74) is 0. The second kappa shape index (κ2) is 4.86. The second-order valence-corrected chi connectivity index (χ2v) is 1.22. The van der Waals surface area contributed by atoms with Crippen LogP contribution in [0.15, 0.2) is 0 Å². The average molecular weight is 205 g/mol. The Balaban J connectivity index is -0.0000000800. The van der Waals surface area contributed by atoms with Crippen molar-refractivity contribution >= 4 is 10.4 Å². The summed E-state index contributed by atoms with van der Waals surface area (Å²) in [7, 11) is -5.17. The van der Waals surface area contributed by atoms with E-state index in [2.05, 4.69) is 0 Å². The summed E-state index contributed by atoms with van der Waals surface area (Å²) in [5, 5.41) is 0. The molecule has 0 unspecified atom stereocenters. The molecule has 0 aliphatic heterocycles. The van der Waals surface area contributed by atoms with Gasteiger partial charge in [0.25, 0.3) is 0 Å². The van der Waals surface area contributed by atoms with Gasteiger partial charge in [0, 0.05) is 10.4 Å². The van der Waals surface area contributed by atoms with Crippen molar-refractivity contribution in [3.05, 3.63) is 0 Å². The van der Waals surface area contributed by atoms with Gasteiger partial charge in [0.1, 0.15) is 0 Å². The van der Waals surface area contributed by atoms with Crippen LogP contribution in [0.5, 0.6) is 0 Å². The number of hydrogen-bond donors (Lipinski definition) is 0. The van der Waals surface area contributed by atoms with Crippen LogP contribution in [0, 0.1) is 0 Å². The largest absolute Gasteiger partial charge is 2.00 e. The Morgan fingerprint density at radius 1 is 1.14 bits per heavy atom. The third kappa shape index (κ3) is 293. The molecule has 0 spiro atoms. The van der Waals surface area contributed by atoms with Crippen molar-refractivity contribution in [3.8, 4) is 0 Å². The minimum atomic E-state index is -5.17. The minimum Gasteiger partial charge on any atom is -0.759 e. The first kappa shape index (κ1) is 15.6. The van der Waals surface area contributed by atoms with Gasteiger partial charge in [-0.15, -0.1) is 0 Å². The van der Waals surface area contributed by atoms with Gasteiger partial charge in [0.2, 0.25) is 0 Å². The van der Waals surface area contributed by atoms with Crippen molar-refractivity contribution in [2.75, 3.05) is 0 Å². The van der Waals surface area contributed by atoms with Gasteiger partial charge in [0.05, 0.1) is 0 Å². The molecule has 5 nitrogen and oxygen atoms in total. The Labute approximate surface area is 59.7 Å². The third-order valence-corrected chi connectivity index (χ3v) is 0. The van der Waals surface area contributed by atoms with Gasteiger partial charge in [0.15, 0.2) is 0 Å². The van der Waals surface area contributed by atoms with Gasteiger partial charge in [-0.3, -0.25) is 8.42 Å². The smallest absolute Gasteiger partial charge is 0.759 e. The van der Waals surface area contributed by atoms with Crippen molar-refractivity contribution in [2.24, 2.45) is 0 Å². The molecule has 0 radical (unpaired) electrons. The first-order valence-corrected chi connectivity index (χ1v) is 2.00. The molecule has 2 N–H and O–H groups in total. The molecule has 42 valence electrons. The van der Waals surface area contributed by atoms with Gasteiger partial charge in [-0.25, -0.2) is 0 Å². The fourth-order valence-corrected chi connectivity index (χ4v) is 0. The van der Waals surface area contributed by atoms with Gasteiger partial charge in [-0.05, 0) is 0 Å². The van der Waals surface area contributed by atoms with Crippen molar-refractivity contribution in [2.45, 2.75) is 0 Å². The van der Waals surface area contributed by atoms with Gasteiger partial charge < -0.3 is 14.6 Å². The van der Waals surface area contributed by atoms with E-state index in [0.29, 0.717) is 0 Å². The number of rotatable bonds is 0. The molecule has 0 saturated carbocycles. The number of hydrogen-bond acceptors (Lipinski definition) is 4. The molecule has 0 aliphatic rings. The standard InChI is InChI=1S/H2O4S.H2O.Zr/c1-5(2,3)4;;/h(H2,1,2,3,4);1H2;/q;;+2/p-2. The zero-order valence-corrected chi connectivity index (χ0v) is 6.32. The monoisotopic (exact) mass is 204 g/mol. The fraction of sp³-hybridized carbons (Fsp3) is 0. The zero-order valence-electron chi connectivity index (χ0n) is 3.04. The summed E-state index contributed by atoms with van der Waals surface area (Å²) in [4.78, 5) is 0. The molecule has 7 heavy (non-hydrogen) atoms. The summed E-state index contributed by atoms with van der Waals surface area (Å²) in [6.45, 7) is 0. The molecule has 0 aromatic heterocycles. The van der Waals surface area contributed by atoms with Crippen LogP contribution in [0.1, 0.15) is 0 Å². The molecular weight excluding hydrogens is 203 g/mol. The second-order valence-electron chi connectivity index (χ2n) is 0.408. The van der Waals surface area contributed by atoms with E-state index in [1.165, 1.54) is 0 Å². The molecule has 0 rings (SSSR count). The molecule has 0 atom stereocenters. The van der Waals surface area contributed by atoms with E-state index in [1.54, 1.807) is 0 Å². The fourth-order valence-electron chi connectivity index (χ4n) is 0. The van der Waals surface area contributed by atoms with Crippen LogP contribution in [0.2, 0.25) is 0 Å². The third-order valence-electron chi connectivity index (χ3n) is 0. The van der Waals surface area contributed by atoms with Crippen molar-refractivity contribution in [1.29, 1.82) is 0 Å². The minimum absolute atomic E-state index is 0. The normalized spacial score (nSPS) is 8.29. The summed E-state index contributed by atoms with van der Waals surface area (Å²) in [6.07, 6.45) is 0. The molecule has 0 amide bonds. The zero-order chi connectivity index (χ0) is 4.50. The Kier molecular flexibility index (Phi) is 10.9. The van der Waals surface area contributed by atoms with Crippen molar-refractivity contribution in [1.82, 2.24) is 0 Å². The Hall–Kier alpha value is 0.713. The maximum atomic E-state index is 8.52. The average Bonchev–Trinajstić information content (AvgIpc) is 0.722. The van der Waals surface area contributed by atoms with Crippen molar-refractivity contribution < 1.29 is 49.2 Å². The summed E-state index contributed by atoms with van der Waals surface area (Å²) in [5.74, 6) is 0. The molecule has 0 aromatic rings. The maximum absolute atomic E-state index is 8.52. The molecule has 0 aromatic carbocycles. The van der Waals surface area contributed by atoms with Gasteiger partial charge >= 0.3 is 26.2 Å². The predicted octanol–water partition coefficient (Wildman–Crippen LogP) is -2.17. The Morgan fingerprint density at radius 3 is 1.14 bits per heavy atom. The maximum Gasteiger partial charge on any atom is 2.00 e. The van der Waals surface area contributed by atoms with Gasteiger partial charge in [-0.2, -0.15) is 0 Å². The van der Waals surface area contributed by atoms with E-state index in [-0.39, 0.29) is 31.7 Å². The first-order valence-electron chi connectivity index (χ1n) is 0.667. The summed E-state index contributed by atoms with van der Waals surface area (Å²) >= 11 is 0. The van der Waals surface area contributed by atoms with Crippen LogP contribution in [-0.2, 0) is 36.6 Å². The SMILES string of the molecule is O.O=S(=O)([O-])[O-].[Zr+2]. The Morgan fingerprint density at radius 2 is 1.14 bits per heavy atom.